The van der Waals surface area contributed by atoms with E-state index in [9.17, 15) is 4.79 Å². The SMILES string of the molecule is CCN(C(=O)COc1ccc(Br)cc1[C@@H](C)N)C1CC1. The van der Waals surface area contributed by atoms with Gasteiger partial charge in [-0.05, 0) is 44.9 Å². The monoisotopic (exact) mass is 340 g/mol. The van der Waals surface area contributed by atoms with Gasteiger partial charge in [0.05, 0.1) is 0 Å². The van der Waals surface area contributed by atoms with E-state index in [0.29, 0.717) is 11.8 Å². The molecule has 1 aromatic rings. The first kappa shape index (κ1) is 15.3. The predicted octanol–water partition coefficient (Wildman–Crippen LogP) is 2.86. The zero-order chi connectivity index (χ0) is 14.7. The van der Waals surface area contributed by atoms with Crippen molar-refractivity contribution in [1.82, 2.24) is 4.90 Å². The number of carbonyl (C=O) groups is 1. The van der Waals surface area contributed by atoms with Crippen molar-refractivity contribution in [2.75, 3.05) is 13.2 Å². The van der Waals surface area contributed by atoms with Gasteiger partial charge in [0.1, 0.15) is 5.75 Å². The summed E-state index contributed by atoms with van der Waals surface area (Å²) in [5, 5.41) is 0. The standard InChI is InChI=1S/C15H21BrN2O2/c1-3-18(12-5-6-12)15(19)9-20-14-7-4-11(16)8-13(14)10(2)17/h4,7-8,10,12H,3,5-6,9,17H2,1-2H3/t10-/m1/s1. The van der Waals surface area contributed by atoms with Crippen LogP contribution in [0.4, 0.5) is 0 Å². The number of nitrogens with two attached hydrogens (primary N) is 1. The molecule has 0 radical (unpaired) electrons. The second-order valence-corrected chi connectivity index (χ2v) is 6.09. The van der Waals surface area contributed by atoms with E-state index in [4.69, 9.17) is 10.5 Å². The number of nitrogens with zero attached hydrogens (tertiary/aromatic N) is 1. The summed E-state index contributed by atoms with van der Waals surface area (Å²) in [5.41, 5.74) is 6.84. The fourth-order valence-electron chi connectivity index (χ4n) is 2.25. The lowest BCUT2D eigenvalue weighted by Gasteiger charge is -2.21. The largest absolute Gasteiger partial charge is 0.483 e. The minimum Gasteiger partial charge on any atom is -0.483 e. The molecule has 5 heteroatoms. The lowest BCUT2D eigenvalue weighted by Crippen LogP contribution is -2.36. The molecule has 1 saturated carbocycles. The lowest BCUT2D eigenvalue weighted by atomic mass is 10.1. The highest BCUT2D eigenvalue weighted by Crippen LogP contribution is 2.29. The Balaban J connectivity index is 2.01. The highest BCUT2D eigenvalue weighted by molar-refractivity contribution is 9.10. The van der Waals surface area contributed by atoms with Gasteiger partial charge in [0, 0.05) is 28.7 Å². The van der Waals surface area contributed by atoms with Crippen LogP contribution in [0.1, 0.15) is 38.3 Å². The van der Waals surface area contributed by atoms with Gasteiger partial charge < -0.3 is 15.4 Å². The number of likely N-dealkylation sites (N-methyl/N-ethyl adjacent to an activating group) is 1. The minimum absolute atomic E-state index is 0.0496. The van der Waals surface area contributed by atoms with Crippen LogP contribution in [-0.4, -0.2) is 30.0 Å². The highest BCUT2D eigenvalue weighted by Gasteiger charge is 2.31. The van der Waals surface area contributed by atoms with Gasteiger partial charge in [-0.25, -0.2) is 0 Å². The van der Waals surface area contributed by atoms with E-state index in [0.717, 1.165) is 29.4 Å². The lowest BCUT2D eigenvalue weighted by molar-refractivity contribution is -0.133. The molecule has 0 spiro atoms. The van der Waals surface area contributed by atoms with E-state index in [1.807, 2.05) is 36.9 Å². The molecule has 1 aliphatic carbocycles. The molecule has 0 bridgehead atoms. The second kappa shape index (κ2) is 6.59. The molecular formula is C15H21BrN2O2. The second-order valence-electron chi connectivity index (χ2n) is 5.17. The molecule has 1 aromatic carbocycles. The number of hydrogen-bond donors (Lipinski definition) is 1. The maximum atomic E-state index is 12.1. The first-order valence-corrected chi connectivity index (χ1v) is 7.79. The van der Waals surface area contributed by atoms with E-state index in [1.54, 1.807) is 0 Å². The Bertz CT molecular complexity index is 487. The third-order valence-electron chi connectivity index (χ3n) is 3.46. The molecule has 1 amide bonds. The maximum Gasteiger partial charge on any atom is 0.260 e. The molecule has 0 unspecified atom stereocenters. The predicted molar refractivity (Wildman–Crippen MR) is 82.6 cm³/mol. The van der Waals surface area contributed by atoms with Crippen molar-refractivity contribution in [2.24, 2.45) is 5.73 Å². The van der Waals surface area contributed by atoms with Gasteiger partial charge in [-0.2, -0.15) is 0 Å². The fourth-order valence-corrected chi connectivity index (χ4v) is 2.63. The maximum absolute atomic E-state index is 12.1. The van der Waals surface area contributed by atoms with Crippen LogP contribution < -0.4 is 10.5 Å². The molecule has 0 heterocycles. The highest BCUT2D eigenvalue weighted by atomic mass is 79.9. The Morgan fingerprint density at radius 1 is 1.55 bits per heavy atom. The summed E-state index contributed by atoms with van der Waals surface area (Å²) in [5.74, 6) is 0.733. The minimum atomic E-state index is -0.136. The first-order valence-electron chi connectivity index (χ1n) is 7.00. The number of rotatable bonds is 6. The Labute approximate surface area is 128 Å². The van der Waals surface area contributed by atoms with Crippen molar-refractivity contribution in [1.29, 1.82) is 0 Å². The van der Waals surface area contributed by atoms with Crippen LogP contribution in [0, 0.1) is 0 Å². The molecule has 4 nitrogen and oxygen atoms in total. The van der Waals surface area contributed by atoms with Crippen LogP contribution in [-0.2, 0) is 4.79 Å². The van der Waals surface area contributed by atoms with Crippen molar-refractivity contribution in [3.63, 3.8) is 0 Å². The molecule has 0 saturated heterocycles. The zero-order valence-corrected chi connectivity index (χ0v) is 13.5. The van der Waals surface area contributed by atoms with Gasteiger partial charge in [0.15, 0.2) is 6.61 Å². The van der Waals surface area contributed by atoms with Gasteiger partial charge >= 0.3 is 0 Å². The first-order chi connectivity index (χ1) is 9.52. The van der Waals surface area contributed by atoms with Gasteiger partial charge in [-0.1, -0.05) is 15.9 Å². The average molecular weight is 341 g/mol. The number of halogens is 1. The smallest absolute Gasteiger partial charge is 0.260 e. The third-order valence-corrected chi connectivity index (χ3v) is 3.96. The van der Waals surface area contributed by atoms with Crippen molar-refractivity contribution in [3.8, 4) is 5.75 Å². The molecule has 0 aliphatic heterocycles. The number of carbonyl (C=O) groups excluding carboxylic acids is 1. The van der Waals surface area contributed by atoms with Crippen LogP contribution >= 0.6 is 15.9 Å². The Hall–Kier alpha value is -1.07. The molecular weight excluding hydrogens is 320 g/mol. The van der Waals surface area contributed by atoms with E-state index < -0.39 is 0 Å². The number of hydrogen-bond acceptors (Lipinski definition) is 3. The van der Waals surface area contributed by atoms with Crippen LogP contribution in [0.2, 0.25) is 0 Å². The molecule has 1 aliphatic rings. The van der Waals surface area contributed by atoms with Crippen LogP contribution in [0.15, 0.2) is 22.7 Å². The van der Waals surface area contributed by atoms with E-state index >= 15 is 0 Å². The van der Waals surface area contributed by atoms with Crippen molar-refractivity contribution >= 4 is 21.8 Å². The zero-order valence-electron chi connectivity index (χ0n) is 11.9. The van der Waals surface area contributed by atoms with Gasteiger partial charge in [0.2, 0.25) is 0 Å². The average Bonchev–Trinajstić information content (AvgIpc) is 3.22. The summed E-state index contributed by atoms with van der Waals surface area (Å²) < 4.78 is 6.64. The van der Waals surface area contributed by atoms with Crippen molar-refractivity contribution < 1.29 is 9.53 Å². The summed E-state index contributed by atoms with van der Waals surface area (Å²) in [7, 11) is 0. The van der Waals surface area contributed by atoms with Crippen LogP contribution in [0.5, 0.6) is 5.75 Å². The molecule has 20 heavy (non-hydrogen) atoms. The molecule has 1 fully saturated rings. The third kappa shape index (κ3) is 3.73. The van der Waals surface area contributed by atoms with E-state index in [2.05, 4.69) is 15.9 Å². The van der Waals surface area contributed by atoms with Crippen molar-refractivity contribution in [2.45, 2.75) is 38.8 Å². The summed E-state index contributed by atoms with van der Waals surface area (Å²) in [6, 6.07) is 5.97. The summed E-state index contributed by atoms with van der Waals surface area (Å²) in [6.07, 6.45) is 2.23. The normalized spacial score (nSPS) is 15.8. The molecule has 0 aromatic heterocycles. The Kier molecular flexibility index (Phi) is 5.05. The summed E-state index contributed by atoms with van der Waals surface area (Å²) >= 11 is 3.42. The van der Waals surface area contributed by atoms with Gasteiger partial charge in [-0.15, -0.1) is 0 Å². The van der Waals surface area contributed by atoms with Crippen LogP contribution in [0.3, 0.4) is 0 Å². The van der Waals surface area contributed by atoms with E-state index in [1.165, 1.54) is 0 Å². The molecule has 1 atom stereocenters. The number of ether oxygens (including phenoxy) is 1. The molecule has 2 rings (SSSR count). The van der Waals surface area contributed by atoms with E-state index in [-0.39, 0.29) is 18.6 Å². The van der Waals surface area contributed by atoms with Gasteiger partial charge in [0.25, 0.3) is 5.91 Å². The Morgan fingerprint density at radius 3 is 2.80 bits per heavy atom. The topological polar surface area (TPSA) is 55.6 Å². The van der Waals surface area contributed by atoms with Crippen molar-refractivity contribution in [3.05, 3.63) is 28.2 Å². The Morgan fingerprint density at radius 2 is 2.25 bits per heavy atom. The number of amides is 1. The number of benzene rings is 1. The van der Waals surface area contributed by atoms with Gasteiger partial charge in [-0.3, -0.25) is 4.79 Å². The molecule has 2 N–H and O–H groups in total. The summed E-state index contributed by atoms with van der Waals surface area (Å²) in [6.45, 7) is 4.72. The van der Waals surface area contributed by atoms with Crippen LogP contribution in [0.25, 0.3) is 0 Å². The molecule has 110 valence electrons. The fraction of sp³-hybridized carbons (Fsp3) is 0.533. The summed E-state index contributed by atoms with van der Waals surface area (Å²) in [4.78, 5) is 14.0. The quantitative estimate of drug-likeness (QED) is 0.866.